The van der Waals surface area contributed by atoms with Crippen molar-refractivity contribution in [1.82, 2.24) is 14.7 Å². The second-order valence-corrected chi connectivity index (χ2v) is 8.81. The fourth-order valence-electron chi connectivity index (χ4n) is 3.75. The predicted molar refractivity (Wildman–Crippen MR) is 133 cm³/mol. The Labute approximate surface area is 198 Å². The van der Waals surface area contributed by atoms with E-state index in [0.29, 0.717) is 34.9 Å². The first kappa shape index (κ1) is 21.2. The van der Waals surface area contributed by atoms with E-state index in [1.807, 2.05) is 48.7 Å². The van der Waals surface area contributed by atoms with Crippen LogP contribution in [-0.2, 0) is 6.42 Å². The van der Waals surface area contributed by atoms with Crippen LogP contribution in [0.4, 0.5) is 5.69 Å². The van der Waals surface area contributed by atoms with Crippen LogP contribution in [0.3, 0.4) is 0 Å². The highest BCUT2D eigenvalue weighted by atomic mass is 35.5. The van der Waals surface area contributed by atoms with Crippen LogP contribution in [0.2, 0.25) is 5.02 Å². The number of aromatic amines is 1. The normalized spacial score (nSPS) is 11.1. The summed E-state index contributed by atoms with van der Waals surface area (Å²) < 4.78 is 5.23. The number of hydrogen-bond donors (Lipinski definition) is 3. The van der Waals surface area contributed by atoms with Crippen molar-refractivity contribution >= 4 is 61.6 Å². The van der Waals surface area contributed by atoms with Crippen LogP contribution in [0.25, 0.3) is 21.0 Å². The first-order valence-electron chi connectivity index (χ1n) is 10.4. The maximum atomic E-state index is 12.7. The number of fused-ring (bicyclic) bond motifs is 2. The molecule has 5 aromatic rings. The molecule has 33 heavy (non-hydrogen) atoms. The van der Waals surface area contributed by atoms with E-state index < -0.39 is 0 Å². The summed E-state index contributed by atoms with van der Waals surface area (Å²) in [4.78, 5) is 28.6. The number of aromatic nitrogens is 2. The van der Waals surface area contributed by atoms with Gasteiger partial charge in [0.1, 0.15) is 5.69 Å². The van der Waals surface area contributed by atoms with E-state index in [-0.39, 0.29) is 11.8 Å². The highest BCUT2D eigenvalue weighted by Gasteiger charge is 2.15. The first-order valence-corrected chi connectivity index (χ1v) is 11.5. The van der Waals surface area contributed by atoms with Gasteiger partial charge in [0.15, 0.2) is 0 Å². The van der Waals surface area contributed by atoms with Crippen molar-refractivity contribution in [2.45, 2.75) is 6.42 Å². The van der Waals surface area contributed by atoms with Crippen LogP contribution in [0, 0.1) is 0 Å². The van der Waals surface area contributed by atoms with E-state index in [9.17, 15) is 9.59 Å². The fourth-order valence-corrected chi connectivity index (χ4v) is 4.69. The van der Waals surface area contributed by atoms with Gasteiger partial charge in [-0.1, -0.05) is 35.9 Å². The lowest BCUT2D eigenvalue weighted by Crippen LogP contribution is -2.25. The lowest BCUT2D eigenvalue weighted by molar-refractivity contribution is 0.0952. The molecule has 0 saturated heterocycles. The largest absolute Gasteiger partial charge is 0.361 e. The maximum Gasteiger partial charge on any atom is 0.276 e. The lowest BCUT2D eigenvalue weighted by Gasteiger charge is -2.08. The van der Waals surface area contributed by atoms with E-state index >= 15 is 0 Å². The first-order chi connectivity index (χ1) is 16.1. The molecule has 0 unspecified atom stereocenters. The van der Waals surface area contributed by atoms with Crippen molar-refractivity contribution in [3.05, 3.63) is 94.8 Å². The van der Waals surface area contributed by atoms with Gasteiger partial charge < -0.3 is 15.6 Å². The number of nitrogens with one attached hydrogen (secondary N) is 3. The number of carbonyl (C=O) groups excluding carboxylic acids is 2. The van der Waals surface area contributed by atoms with E-state index in [1.54, 1.807) is 24.3 Å². The standard InChI is InChI=1S/C25H19ClN4O2S/c26-17-8-9-21-20(13-17)16(14-28-21)10-11-27-24(31)15-4-3-5-18(12-15)29-25(32)23-19-6-1-2-7-22(19)33-30-23/h1-9,12-14,28H,10-11H2,(H,27,31)(H,29,32). The van der Waals surface area contributed by atoms with Gasteiger partial charge in [-0.25, -0.2) is 0 Å². The summed E-state index contributed by atoms with van der Waals surface area (Å²) in [6.45, 7) is 0.472. The molecule has 0 radical (unpaired) electrons. The van der Waals surface area contributed by atoms with Gasteiger partial charge in [-0.05, 0) is 66.0 Å². The summed E-state index contributed by atoms with van der Waals surface area (Å²) in [5.74, 6) is -0.508. The zero-order chi connectivity index (χ0) is 22.8. The Kier molecular flexibility index (Phi) is 5.81. The van der Waals surface area contributed by atoms with Gasteiger partial charge in [-0.2, -0.15) is 4.37 Å². The minimum absolute atomic E-state index is 0.205. The number of rotatable bonds is 6. The number of carbonyl (C=O) groups is 2. The molecule has 0 atom stereocenters. The molecular formula is C25H19ClN4O2S. The molecule has 3 N–H and O–H groups in total. The number of amides is 2. The zero-order valence-corrected chi connectivity index (χ0v) is 19.0. The summed E-state index contributed by atoms with van der Waals surface area (Å²) in [6.07, 6.45) is 2.60. The molecule has 0 spiro atoms. The average Bonchev–Trinajstić information content (AvgIpc) is 3.43. The Morgan fingerprint density at radius 3 is 2.76 bits per heavy atom. The Morgan fingerprint density at radius 2 is 1.85 bits per heavy atom. The van der Waals surface area contributed by atoms with Crippen molar-refractivity contribution in [3.63, 3.8) is 0 Å². The number of benzene rings is 3. The maximum absolute atomic E-state index is 12.7. The monoisotopic (exact) mass is 474 g/mol. The summed E-state index contributed by atoms with van der Waals surface area (Å²) in [5, 5.41) is 8.33. The van der Waals surface area contributed by atoms with Gasteiger partial charge in [0.05, 0.1) is 4.70 Å². The molecule has 2 heterocycles. The molecule has 0 aliphatic rings. The second-order valence-electron chi connectivity index (χ2n) is 7.57. The van der Waals surface area contributed by atoms with Crippen LogP contribution >= 0.6 is 23.1 Å². The number of anilines is 1. The highest BCUT2D eigenvalue weighted by molar-refractivity contribution is 7.13. The van der Waals surface area contributed by atoms with Crippen molar-refractivity contribution in [1.29, 1.82) is 0 Å². The third kappa shape index (κ3) is 4.46. The number of H-pyrrole nitrogens is 1. The van der Waals surface area contributed by atoms with Crippen molar-refractivity contribution < 1.29 is 9.59 Å². The van der Waals surface area contributed by atoms with Gasteiger partial charge >= 0.3 is 0 Å². The summed E-state index contributed by atoms with van der Waals surface area (Å²) in [6, 6.07) is 20.2. The summed E-state index contributed by atoms with van der Waals surface area (Å²) >= 11 is 7.39. The number of hydrogen-bond acceptors (Lipinski definition) is 4. The second kappa shape index (κ2) is 9.05. The minimum atomic E-state index is -0.303. The third-order valence-electron chi connectivity index (χ3n) is 5.38. The average molecular weight is 475 g/mol. The van der Waals surface area contributed by atoms with Gasteiger partial charge in [0.2, 0.25) is 0 Å². The Bertz CT molecular complexity index is 1490. The molecule has 0 bridgehead atoms. The Morgan fingerprint density at radius 1 is 0.970 bits per heavy atom. The van der Waals surface area contributed by atoms with Crippen LogP contribution in [0.5, 0.6) is 0 Å². The van der Waals surface area contributed by atoms with E-state index in [4.69, 9.17) is 11.6 Å². The fraction of sp³-hybridized carbons (Fsp3) is 0.0800. The van der Waals surface area contributed by atoms with Crippen LogP contribution in [0.1, 0.15) is 26.4 Å². The molecule has 0 fully saturated rings. The van der Waals surface area contributed by atoms with Crippen LogP contribution in [0.15, 0.2) is 72.9 Å². The molecular weight excluding hydrogens is 456 g/mol. The molecule has 0 saturated carbocycles. The van der Waals surface area contributed by atoms with Gasteiger partial charge in [-0.15, -0.1) is 0 Å². The third-order valence-corrected chi connectivity index (χ3v) is 6.45. The van der Waals surface area contributed by atoms with Gasteiger partial charge in [-0.3, -0.25) is 9.59 Å². The molecule has 3 aromatic carbocycles. The van der Waals surface area contributed by atoms with Crippen molar-refractivity contribution in [2.24, 2.45) is 0 Å². The highest BCUT2D eigenvalue weighted by Crippen LogP contribution is 2.24. The summed E-state index contributed by atoms with van der Waals surface area (Å²) in [5.41, 5.74) is 3.49. The molecule has 6 nitrogen and oxygen atoms in total. The molecule has 8 heteroatoms. The summed E-state index contributed by atoms with van der Waals surface area (Å²) in [7, 11) is 0. The molecule has 5 rings (SSSR count). The lowest BCUT2D eigenvalue weighted by atomic mass is 10.1. The molecule has 164 valence electrons. The number of halogens is 1. The van der Waals surface area contributed by atoms with E-state index in [1.165, 1.54) is 11.5 Å². The van der Waals surface area contributed by atoms with Crippen LogP contribution in [-0.4, -0.2) is 27.7 Å². The SMILES string of the molecule is O=C(NCCc1c[nH]c2ccc(Cl)cc12)c1cccc(NC(=O)c2nsc3ccccc23)c1. The predicted octanol–water partition coefficient (Wildman–Crippen LogP) is 5.66. The Hall–Kier alpha value is -3.68. The van der Waals surface area contributed by atoms with E-state index in [0.717, 1.165) is 26.6 Å². The van der Waals surface area contributed by atoms with E-state index in [2.05, 4.69) is 20.0 Å². The smallest absolute Gasteiger partial charge is 0.276 e. The van der Waals surface area contributed by atoms with Crippen molar-refractivity contribution in [3.8, 4) is 0 Å². The molecule has 2 aromatic heterocycles. The molecule has 0 aliphatic carbocycles. The number of nitrogens with zero attached hydrogens (tertiary/aromatic N) is 1. The minimum Gasteiger partial charge on any atom is -0.361 e. The van der Waals surface area contributed by atoms with Gasteiger partial charge in [0, 0.05) is 45.3 Å². The van der Waals surface area contributed by atoms with Crippen LogP contribution < -0.4 is 10.6 Å². The quantitative estimate of drug-likeness (QED) is 0.297. The zero-order valence-electron chi connectivity index (χ0n) is 17.4. The molecule has 2 amide bonds. The van der Waals surface area contributed by atoms with Gasteiger partial charge in [0.25, 0.3) is 11.8 Å². The Balaban J connectivity index is 1.23. The topological polar surface area (TPSA) is 86.9 Å². The van der Waals surface area contributed by atoms with Crippen molar-refractivity contribution in [2.75, 3.05) is 11.9 Å². The molecule has 0 aliphatic heterocycles.